The van der Waals surface area contributed by atoms with Crippen LogP contribution in [0.4, 0.5) is 13.2 Å². The maximum atomic E-state index is 13.0. The molecule has 0 spiro atoms. The van der Waals surface area contributed by atoms with Gasteiger partial charge in [-0.15, -0.1) is 0 Å². The summed E-state index contributed by atoms with van der Waals surface area (Å²) in [5.74, 6) is -2.45. The van der Waals surface area contributed by atoms with E-state index >= 15 is 0 Å². The van der Waals surface area contributed by atoms with Gasteiger partial charge in [-0.2, -0.15) is 13.2 Å². The van der Waals surface area contributed by atoms with Crippen LogP contribution in [-0.4, -0.2) is 24.0 Å². The lowest BCUT2D eigenvalue weighted by molar-refractivity contribution is -0.198. The van der Waals surface area contributed by atoms with Crippen molar-refractivity contribution in [2.75, 3.05) is 11.9 Å². The molecule has 0 bridgehead atoms. The highest BCUT2D eigenvalue weighted by atomic mass is 79.9. The van der Waals surface area contributed by atoms with E-state index in [2.05, 4.69) is 21.2 Å². The highest BCUT2D eigenvalue weighted by Crippen LogP contribution is 2.41. The van der Waals surface area contributed by atoms with E-state index < -0.39 is 23.9 Å². The molecule has 0 aromatic rings. The maximum absolute atomic E-state index is 13.0. The van der Waals surface area contributed by atoms with Crippen molar-refractivity contribution >= 4 is 21.8 Å². The van der Waals surface area contributed by atoms with Crippen LogP contribution in [0.1, 0.15) is 45.4 Å². The Balaban J connectivity index is 2.55. The standard InChI is InChI=1S/C14H23BrF3NO/c1-2-10(7-8-15)9-19-13(20)11-5-3-4-6-12(11)14(16,17)18/h10-12H,2-9H2,1H3,(H,19,20). The lowest BCUT2D eigenvalue weighted by Gasteiger charge is -2.32. The van der Waals surface area contributed by atoms with Crippen LogP contribution in [0.2, 0.25) is 0 Å². The van der Waals surface area contributed by atoms with Crippen LogP contribution in [-0.2, 0) is 4.79 Å². The van der Waals surface area contributed by atoms with E-state index in [1.54, 1.807) is 0 Å². The molecule has 1 N–H and O–H groups in total. The van der Waals surface area contributed by atoms with Crippen LogP contribution in [0.25, 0.3) is 0 Å². The SMILES string of the molecule is CCC(CCBr)CNC(=O)C1CCCCC1C(F)(F)F. The van der Waals surface area contributed by atoms with Crippen LogP contribution in [0, 0.1) is 17.8 Å². The molecule has 3 unspecified atom stereocenters. The Morgan fingerprint density at radius 1 is 1.35 bits per heavy atom. The van der Waals surface area contributed by atoms with Gasteiger partial charge in [0.1, 0.15) is 0 Å². The number of carbonyl (C=O) groups excluding carboxylic acids is 1. The van der Waals surface area contributed by atoms with Crippen molar-refractivity contribution in [3.63, 3.8) is 0 Å². The highest BCUT2D eigenvalue weighted by Gasteiger charge is 2.47. The minimum atomic E-state index is -4.26. The first-order valence-electron chi connectivity index (χ1n) is 7.30. The van der Waals surface area contributed by atoms with Crippen molar-refractivity contribution in [3.05, 3.63) is 0 Å². The van der Waals surface area contributed by atoms with Gasteiger partial charge in [0.05, 0.1) is 5.92 Å². The van der Waals surface area contributed by atoms with Crippen molar-refractivity contribution in [2.24, 2.45) is 17.8 Å². The molecule has 0 radical (unpaired) electrons. The molecule has 1 aliphatic carbocycles. The molecule has 3 atom stereocenters. The Morgan fingerprint density at radius 2 is 2.00 bits per heavy atom. The number of alkyl halides is 4. The molecule has 1 fully saturated rings. The summed E-state index contributed by atoms with van der Waals surface area (Å²) < 4.78 is 38.9. The van der Waals surface area contributed by atoms with Crippen molar-refractivity contribution in [2.45, 2.75) is 51.6 Å². The highest BCUT2D eigenvalue weighted by molar-refractivity contribution is 9.09. The number of hydrogen-bond donors (Lipinski definition) is 1. The van der Waals surface area contributed by atoms with Crippen LogP contribution >= 0.6 is 15.9 Å². The first-order valence-corrected chi connectivity index (χ1v) is 8.42. The molecule has 0 aliphatic heterocycles. The predicted octanol–water partition coefficient (Wildman–Crippen LogP) is 4.28. The van der Waals surface area contributed by atoms with Gasteiger partial charge < -0.3 is 5.32 Å². The van der Waals surface area contributed by atoms with E-state index in [0.717, 1.165) is 18.2 Å². The quantitative estimate of drug-likeness (QED) is 0.706. The number of nitrogens with one attached hydrogen (secondary N) is 1. The van der Waals surface area contributed by atoms with E-state index in [1.807, 2.05) is 6.92 Å². The average Bonchev–Trinajstić information content (AvgIpc) is 2.42. The first-order chi connectivity index (χ1) is 9.40. The number of carbonyl (C=O) groups is 1. The largest absolute Gasteiger partial charge is 0.392 e. The molecule has 0 aromatic heterocycles. The molecule has 1 amide bonds. The second-order valence-corrected chi connectivity index (χ2v) is 6.33. The van der Waals surface area contributed by atoms with E-state index in [-0.39, 0.29) is 6.42 Å². The zero-order valence-corrected chi connectivity index (χ0v) is 13.4. The zero-order chi connectivity index (χ0) is 15.2. The van der Waals surface area contributed by atoms with Gasteiger partial charge in [-0.3, -0.25) is 4.79 Å². The number of amides is 1. The molecule has 0 aromatic carbocycles. The van der Waals surface area contributed by atoms with Gasteiger partial charge in [0.25, 0.3) is 0 Å². The third-order valence-corrected chi connectivity index (χ3v) is 4.64. The van der Waals surface area contributed by atoms with Gasteiger partial charge in [-0.25, -0.2) is 0 Å². The van der Waals surface area contributed by atoms with Crippen molar-refractivity contribution in [1.29, 1.82) is 0 Å². The molecular formula is C14H23BrF3NO. The molecule has 118 valence electrons. The lowest BCUT2D eigenvalue weighted by Crippen LogP contribution is -2.43. The second kappa shape index (κ2) is 8.25. The normalized spacial score (nSPS) is 25.2. The summed E-state index contributed by atoms with van der Waals surface area (Å²) in [4.78, 5) is 12.1. The predicted molar refractivity (Wildman–Crippen MR) is 76.7 cm³/mol. The molecule has 1 aliphatic rings. The lowest BCUT2D eigenvalue weighted by atomic mass is 9.78. The molecule has 1 rings (SSSR count). The minimum absolute atomic E-state index is 0.0835. The van der Waals surface area contributed by atoms with Crippen LogP contribution in [0.3, 0.4) is 0 Å². The molecule has 0 saturated heterocycles. The van der Waals surface area contributed by atoms with E-state index in [0.29, 0.717) is 31.7 Å². The van der Waals surface area contributed by atoms with Crippen molar-refractivity contribution in [1.82, 2.24) is 5.32 Å². The van der Waals surface area contributed by atoms with Gasteiger partial charge >= 0.3 is 6.18 Å². The number of hydrogen-bond acceptors (Lipinski definition) is 1. The smallest absolute Gasteiger partial charge is 0.356 e. The topological polar surface area (TPSA) is 29.1 Å². The molecule has 0 heterocycles. The molecule has 1 saturated carbocycles. The van der Waals surface area contributed by atoms with Crippen LogP contribution in [0.15, 0.2) is 0 Å². The third kappa shape index (κ3) is 5.26. The second-order valence-electron chi connectivity index (χ2n) is 5.54. The summed E-state index contributed by atoms with van der Waals surface area (Å²) in [6.07, 6.45) is -0.713. The van der Waals surface area contributed by atoms with Crippen molar-refractivity contribution < 1.29 is 18.0 Å². The summed E-state index contributed by atoms with van der Waals surface area (Å²) in [5, 5.41) is 3.57. The fraction of sp³-hybridized carbons (Fsp3) is 0.929. The summed E-state index contributed by atoms with van der Waals surface area (Å²) in [5.41, 5.74) is 0. The fourth-order valence-electron chi connectivity index (χ4n) is 2.82. The molecule has 20 heavy (non-hydrogen) atoms. The van der Waals surface area contributed by atoms with Crippen LogP contribution in [0.5, 0.6) is 0 Å². The Hall–Kier alpha value is -0.260. The number of rotatable bonds is 6. The Labute approximate surface area is 127 Å². The summed E-state index contributed by atoms with van der Waals surface area (Å²) in [6, 6.07) is 0. The first kappa shape index (κ1) is 17.8. The van der Waals surface area contributed by atoms with Crippen LogP contribution < -0.4 is 5.32 Å². The van der Waals surface area contributed by atoms with Gasteiger partial charge in [-0.1, -0.05) is 42.1 Å². The molecule has 2 nitrogen and oxygen atoms in total. The molecular weight excluding hydrogens is 335 g/mol. The Bertz CT molecular complexity index is 309. The summed E-state index contributed by atoms with van der Waals surface area (Å²) in [7, 11) is 0. The molecule has 6 heteroatoms. The summed E-state index contributed by atoms with van der Waals surface area (Å²) in [6.45, 7) is 2.50. The number of halogens is 4. The average molecular weight is 358 g/mol. The third-order valence-electron chi connectivity index (χ3n) is 4.18. The fourth-order valence-corrected chi connectivity index (χ4v) is 3.46. The maximum Gasteiger partial charge on any atom is 0.392 e. The Morgan fingerprint density at radius 3 is 2.55 bits per heavy atom. The Kier molecular flexibility index (Phi) is 7.34. The monoisotopic (exact) mass is 357 g/mol. The zero-order valence-electron chi connectivity index (χ0n) is 11.8. The van der Waals surface area contributed by atoms with Gasteiger partial charge in [0.2, 0.25) is 5.91 Å². The van der Waals surface area contributed by atoms with Crippen molar-refractivity contribution in [3.8, 4) is 0 Å². The minimum Gasteiger partial charge on any atom is -0.356 e. The van der Waals surface area contributed by atoms with E-state index in [9.17, 15) is 18.0 Å². The van der Waals surface area contributed by atoms with Gasteiger partial charge in [-0.05, 0) is 25.2 Å². The van der Waals surface area contributed by atoms with Gasteiger partial charge in [0, 0.05) is 17.8 Å². The summed E-state index contributed by atoms with van der Waals surface area (Å²) >= 11 is 3.35. The van der Waals surface area contributed by atoms with Gasteiger partial charge in [0.15, 0.2) is 0 Å². The van der Waals surface area contributed by atoms with E-state index in [1.165, 1.54) is 0 Å². The van der Waals surface area contributed by atoms with E-state index in [4.69, 9.17) is 0 Å².